The second-order valence-corrected chi connectivity index (χ2v) is 7.68. The Balaban J connectivity index is 1.62. The zero-order chi connectivity index (χ0) is 18.1. The molecule has 128 valence electrons. The minimum atomic E-state index is -0.146. The van der Waals surface area contributed by atoms with E-state index in [0.29, 0.717) is 25.8 Å². The van der Waals surface area contributed by atoms with E-state index in [1.54, 1.807) is 6.08 Å². The summed E-state index contributed by atoms with van der Waals surface area (Å²) >= 11 is 12.7. The second kappa shape index (κ2) is 7.11. The summed E-state index contributed by atoms with van der Waals surface area (Å²) < 4.78 is 6.36. The Morgan fingerprint density at radius 2 is 1.85 bits per heavy atom. The highest BCUT2D eigenvalue weighted by Gasteiger charge is 2.33. The molecule has 6 heteroatoms. The molecule has 4 rings (SSSR count). The van der Waals surface area contributed by atoms with Gasteiger partial charge >= 0.3 is 0 Å². The highest BCUT2D eigenvalue weighted by molar-refractivity contribution is 8.27. The number of rotatable bonds is 3. The third-order valence-corrected chi connectivity index (χ3v) is 5.35. The molecule has 3 nitrogen and oxygen atoms in total. The Labute approximate surface area is 165 Å². The summed E-state index contributed by atoms with van der Waals surface area (Å²) in [5, 5.41) is 0.643. The maximum absolute atomic E-state index is 12.7. The van der Waals surface area contributed by atoms with Crippen molar-refractivity contribution in [1.29, 1.82) is 0 Å². The summed E-state index contributed by atoms with van der Waals surface area (Å²) in [5.41, 5.74) is 1.64. The molecule has 0 saturated carbocycles. The molecule has 1 aromatic heterocycles. The van der Waals surface area contributed by atoms with Crippen LogP contribution in [0.5, 0.6) is 0 Å². The largest absolute Gasteiger partial charge is 0.457 e. The lowest BCUT2D eigenvalue weighted by Gasteiger charge is -2.13. The van der Waals surface area contributed by atoms with E-state index in [9.17, 15) is 4.79 Å². The van der Waals surface area contributed by atoms with Crippen molar-refractivity contribution in [2.75, 3.05) is 4.90 Å². The SMILES string of the molecule is O=C1C(=Cc2ccc(-c3cccc(Cl)c3)o2)SC(=S)N1c1ccccc1. The van der Waals surface area contributed by atoms with E-state index in [1.165, 1.54) is 16.7 Å². The maximum Gasteiger partial charge on any atom is 0.270 e. The third kappa shape index (κ3) is 3.33. The van der Waals surface area contributed by atoms with Crippen LogP contribution in [-0.2, 0) is 4.79 Å². The summed E-state index contributed by atoms with van der Waals surface area (Å²) in [4.78, 5) is 14.8. The molecule has 0 spiro atoms. The summed E-state index contributed by atoms with van der Waals surface area (Å²) in [6.45, 7) is 0. The molecule has 0 radical (unpaired) electrons. The molecule has 1 fully saturated rings. The fourth-order valence-corrected chi connectivity index (χ4v) is 4.09. The van der Waals surface area contributed by atoms with Gasteiger partial charge in [0.05, 0.1) is 10.6 Å². The van der Waals surface area contributed by atoms with Crippen LogP contribution >= 0.6 is 35.6 Å². The topological polar surface area (TPSA) is 33.5 Å². The quantitative estimate of drug-likeness (QED) is 0.400. The number of hydrogen-bond acceptors (Lipinski definition) is 4. The lowest BCUT2D eigenvalue weighted by atomic mass is 10.2. The van der Waals surface area contributed by atoms with Crippen molar-refractivity contribution in [3.05, 3.63) is 82.4 Å². The predicted molar refractivity (Wildman–Crippen MR) is 111 cm³/mol. The molecule has 0 N–H and O–H groups in total. The fourth-order valence-electron chi connectivity index (χ4n) is 2.62. The third-order valence-electron chi connectivity index (χ3n) is 3.82. The highest BCUT2D eigenvalue weighted by Crippen LogP contribution is 2.36. The van der Waals surface area contributed by atoms with Gasteiger partial charge in [0.2, 0.25) is 0 Å². The van der Waals surface area contributed by atoms with E-state index < -0.39 is 0 Å². The van der Waals surface area contributed by atoms with Gasteiger partial charge in [-0.15, -0.1) is 0 Å². The monoisotopic (exact) mass is 397 g/mol. The van der Waals surface area contributed by atoms with Crippen molar-refractivity contribution in [2.24, 2.45) is 0 Å². The number of anilines is 1. The first kappa shape index (κ1) is 17.1. The smallest absolute Gasteiger partial charge is 0.270 e. The van der Waals surface area contributed by atoms with E-state index in [1.807, 2.05) is 66.7 Å². The molecule has 1 aliphatic rings. The van der Waals surface area contributed by atoms with Gasteiger partial charge < -0.3 is 4.42 Å². The van der Waals surface area contributed by atoms with Gasteiger partial charge in [-0.3, -0.25) is 9.69 Å². The van der Waals surface area contributed by atoms with Crippen LogP contribution in [0.15, 0.2) is 76.1 Å². The van der Waals surface area contributed by atoms with Gasteiger partial charge in [0.1, 0.15) is 11.5 Å². The van der Waals surface area contributed by atoms with Crippen molar-refractivity contribution in [2.45, 2.75) is 0 Å². The summed E-state index contributed by atoms with van der Waals surface area (Å²) in [6, 6.07) is 20.5. The average Bonchev–Trinajstić information content (AvgIpc) is 3.21. The van der Waals surface area contributed by atoms with Crippen LogP contribution in [0, 0.1) is 0 Å². The molecule has 0 bridgehead atoms. The second-order valence-electron chi connectivity index (χ2n) is 5.57. The number of nitrogens with zero attached hydrogens (tertiary/aromatic N) is 1. The van der Waals surface area contributed by atoms with Crippen LogP contribution in [0.2, 0.25) is 5.02 Å². The number of halogens is 1. The van der Waals surface area contributed by atoms with Crippen LogP contribution < -0.4 is 4.90 Å². The Hall–Kier alpha value is -2.34. The minimum absolute atomic E-state index is 0.146. The number of benzene rings is 2. The number of thiocarbonyl (C=S) groups is 1. The van der Waals surface area contributed by atoms with Crippen LogP contribution in [0.1, 0.15) is 5.76 Å². The summed E-state index contributed by atoms with van der Waals surface area (Å²) in [6.07, 6.45) is 1.72. The lowest BCUT2D eigenvalue weighted by molar-refractivity contribution is -0.113. The molecule has 2 aromatic carbocycles. The first-order valence-electron chi connectivity index (χ1n) is 7.80. The van der Waals surface area contributed by atoms with E-state index >= 15 is 0 Å². The summed E-state index contributed by atoms with van der Waals surface area (Å²) in [7, 11) is 0. The van der Waals surface area contributed by atoms with E-state index in [0.717, 1.165) is 11.3 Å². The molecule has 3 aromatic rings. The van der Waals surface area contributed by atoms with Crippen LogP contribution in [0.3, 0.4) is 0 Å². The van der Waals surface area contributed by atoms with E-state index in [2.05, 4.69) is 0 Å². The molecule has 1 saturated heterocycles. The fraction of sp³-hybridized carbons (Fsp3) is 0. The molecule has 1 aliphatic heterocycles. The van der Waals surface area contributed by atoms with Crippen LogP contribution in [0.25, 0.3) is 17.4 Å². The van der Waals surface area contributed by atoms with Gasteiger partial charge in [-0.2, -0.15) is 0 Å². The Morgan fingerprint density at radius 3 is 2.62 bits per heavy atom. The molecule has 2 heterocycles. The van der Waals surface area contributed by atoms with Gasteiger partial charge in [-0.1, -0.05) is 65.9 Å². The molecule has 26 heavy (non-hydrogen) atoms. The minimum Gasteiger partial charge on any atom is -0.457 e. The zero-order valence-electron chi connectivity index (χ0n) is 13.4. The van der Waals surface area contributed by atoms with Crippen molar-refractivity contribution in [3.8, 4) is 11.3 Å². The molecule has 0 aliphatic carbocycles. The molecule has 1 amide bonds. The zero-order valence-corrected chi connectivity index (χ0v) is 15.8. The van der Waals surface area contributed by atoms with Crippen molar-refractivity contribution in [1.82, 2.24) is 0 Å². The van der Waals surface area contributed by atoms with Gasteiger partial charge in [-0.25, -0.2) is 0 Å². The van der Waals surface area contributed by atoms with Crippen LogP contribution in [-0.4, -0.2) is 10.2 Å². The molecular weight excluding hydrogens is 386 g/mol. The lowest BCUT2D eigenvalue weighted by Crippen LogP contribution is -2.27. The van der Waals surface area contributed by atoms with Gasteiger partial charge in [0.15, 0.2) is 4.32 Å². The molecule has 0 unspecified atom stereocenters. The first-order chi connectivity index (χ1) is 12.6. The Bertz CT molecular complexity index is 1030. The highest BCUT2D eigenvalue weighted by atomic mass is 35.5. The Morgan fingerprint density at radius 1 is 1.04 bits per heavy atom. The average molecular weight is 398 g/mol. The summed E-state index contributed by atoms with van der Waals surface area (Å²) in [5.74, 6) is 1.14. The number of hydrogen-bond donors (Lipinski definition) is 0. The maximum atomic E-state index is 12.7. The number of carbonyl (C=O) groups is 1. The van der Waals surface area contributed by atoms with Gasteiger partial charge in [0, 0.05) is 16.7 Å². The van der Waals surface area contributed by atoms with E-state index in [4.69, 9.17) is 28.2 Å². The van der Waals surface area contributed by atoms with Gasteiger partial charge in [-0.05, 0) is 36.4 Å². The normalized spacial score (nSPS) is 15.9. The number of furan rings is 1. The van der Waals surface area contributed by atoms with Gasteiger partial charge in [0.25, 0.3) is 5.91 Å². The Kier molecular flexibility index (Phi) is 4.68. The standard InChI is InChI=1S/C20H12ClNO2S2/c21-14-6-4-5-13(11-14)17-10-9-16(24-17)12-18-19(23)22(20(25)26-18)15-7-2-1-3-8-15/h1-12H. The van der Waals surface area contributed by atoms with Crippen molar-refractivity contribution < 1.29 is 9.21 Å². The molecular formula is C20H12ClNO2S2. The van der Waals surface area contributed by atoms with Crippen molar-refractivity contribution in [3.63, 3.8) is 0 Å². The van der Waals surface area contributed by atoms with E-state index in [-0.39, 0.29) is 5.91 Å². The first-order valence-corrected chi connectivity index (χ1v) is 9.41. The number of thioether (sulfide) groups is 1. The van der Waals surface area contributed by atoms with Crippen molar-refractivity contribution >= 4 is 57.6 Å². The number of para-hydroxylation sites is 1. The predicted octanol–water partition coefficient (Wildman–Crippen LogP) is 6.01. The number of amides is 1. The van der Waals surface area contributed by atoms with Crippen LogP contribution in [0.4, 0.5) is 5.69 Å². The molecule has 0 atom stereocenters. The number of carbonyl (C=O) groups excluding carboxylic acids is 1.